The van der Waals surface area contributed by atoms with Crippen molar-refractivity contribution < 1.29 is 22.9 Å². The van der Waals surface area contributed by atoms with E-state index in [0.29, 0.717) is 0 Å². The van der Waals surface area contributed by atoms with Gasteiger partial charge in [0.15, 0.2) is 0 Å². The minimum absolute atomic E-state index is 0.405. The second-order valence-corrected chi connectivity index (χ2v) is 4.54. The Hall–Kier alpha value is -0.520. The SMILES string of the molecule is CC(C)C(C(=O)O)S(=O)CC(F)F. The highest BCUT2D eigenvalue weighted by Gasteiger charge is 2.29. The molecular weight excluding hydrogens is 202 g/mol. The molecule has 0 saturated heterocycles. The summed E-state index contributed by atoms with van der Waals surface area (Å²) in [6, 6.07) is 0. The predicted molar refractivity (Wildman–Crippen MR) is 45.3 cm³/mol. The zero-order valence-electron chi connectivity index (χ0n) is 7.37. The van der Waals surface area contributed by atoms with Crippen LogP contribution in [0, 0.1) is 5.92 Å². The molecule has 0 aliphatic rings. The third kappa shape index (κ3) is 4.31. The fourth-order valence-corrected chi connectivity index (χ4v) is 2.22. The number of carbonyl (C=O) groups is 1. The van der Waals surface area contributed by atoms with Gasteiger partial charge < -0.3 is 5.11 Å². The molecule has 0 fully saturated rings. The summed E-state index contributed by atoms with van der Waals surface area (Å²) in [7, 11) is -2.00. The topological polar surface area (TPSA) is 54.4 Å². The largest absolute Gasteiger partial charge is 0.480 e. The Morgan fingerprint density at radius 1 is 1.46 bits per heavy atom. The number of carboxylic acids is 1. The second kappa shape index (κ2) is 5.26. The van der Waals surface area contributed by atoms with E-state index in [1.54, 1.807) is 13.8 Å². The fraction of sp³-hybridized carbons (Fsp3) is 0.857. The van der Waals surface area contributed by atoms with Crippen molar-refractivity contribution in [1.82, 2.24) is 0 Å². The van der Waals surface area contributed by atoms with Crippen LogP contribution in [0.1, 0.15) is 13.8 Å². The summed E-state index contributed by atoms with van der Waals surface area (Å²) in [6.07, 6.45) is -2.72. The van der Waals surface area contributed by atoms with Gasteiger partial charge in [-0.05, 0) is 5.92 Å². The van der Waals surface area contributed by atoms with E-state index >= 15 is 0 Å². The highest BCUT2D eigenvalue weighted by Crippen LogP contribution is 2.12. The Morgan fingerprint density at radius 3 is 2.15 bits per heavy atom. The van der Waals surface area contributed by atoms with Crippen LogP contribution in [0.15, 0.2) is 0 Å². The van der Waals surface area contributed by atoms with Gasteiger partial charge in [-0.15, -0.1) is 0 Å². The molecule has 0 bridgehead atoms. The first-order valence-electron chi connectivity index (χ1n) is 3.74. The Kier molecular flexibility index (Phi) is 5.05. The molecule has 0 aromatic rings. The molecule has 0 saturated carbocycles. The van der Waals surface area contributed by atoms with Gasteiger partial charge in [0.25, 0.3) is 0 Å². The first-order chi connectivity index (χ1) is 5.86. The van der Waals surface area contributed by atoms with Gasteiger partial charge in [-0.2, -0.15) is 0 Å². The van der Waals surface area contributed by atoms with Gasteiger partial charge in [-0.25, -0.2) is 8.78 Å². The average Bonchev–Trinajstić information content (AvgIpc) is 1.81. The molecule has 2 atom stereocenters. The van der Waals surface area contributed by atoms with Gasteiger partial charge in [-0.3, -0.25) is 9.00 Å². The smallest absolute Gasteiger partial charge is 0.319 e. The molecule has 0 heterocycles. The summed E-state index contributed by atoms with van der Waals surface area (Å²) in [6.45, 7) is 3.09. The van der Waals surface area contributed by atoms with Gasteiger partial charge in [0.05, 0.1) is 5.75 Å². The van der Waals surface area contributed by atoms with E-state index in [2.05, 4.69) is 0 Å². The van der Waals surface area contributed by atoms with Crippen LogP contribution in [-0.4, -0.2) is 32.7 Å². The first-order valence-corrected chi connectivity index (χ1v) is 5.12. The number of hydrogen-bond acceptors (Lipinski definition) is 2. The zero-order chi connectivity index (χ0) is 10.6. The zero-order valence-corrected chi connectivity index (χ0v) is 8.18. The van der Waals surface area contributed by atoms with Crippen molar-refractivity contribution in [3.05, 3.63) is 0 Å². The van der Waals surface area contributed by atoms with Crippen LogP contribution in [0.3, 0.4) is 0 Å². The maximum atomic E-state index is 11.8. The highest BCUT2D eigenvalue weighted by molar-refractivity contribution is 7.86. The Balaban J connectivity index is 4.38. The van der Waals surface area contributed by atoms with Crippen LogP contribution >= 0.6 is 0 Å². The molecule has 3 nitrogen and oxygen atoms in total. The molecular formula is C7H12F2O3S. The maximum Gasteiger partial charge on any atom is 0.319 e. The number of halogens is 2. The lowest BCUT2D eigenvalue weighted by molar-refractivity contribution is -0.137. The molecule has 1 N–H and O–H groups in total. The molecule has 0 aliphatic heterocycles. The predicted octanol–water partition coefficient (Wildman–Crippen LogP) is 1.11. The minimum Gasteiger partial charge on any atom is -0.480 e. The normalized spacial score (nSPS) is 16.2. The van der Waals surface area contributed by atoms with Crippen LogP contribution in [0.5, 0.6) is 0 Å². The molecule has 2 unspecified atom stereocenters. The summed E-state index contributed by atoms with van der Waals surface area (Å²) in [4.78, 5) is 10.5. The van der Waals surface area contributed by atoms with E-state index in [0.717, 1.165) is 0 Å². The standard InChI is InChI=1S/C7H12F2O3S/c1-4(2)6(7(10)11)13(12)3-5(8)9/h4-6H,3H2,1-2H3,(H,10,11). The number of hydrogen-bond donors (Lipinski definition) is 1. The lowest BCUT2D eigenvalue weighted by Crippen LogP contribution is -2.33. The summed E-state index contributed by atoms with van der Waals surface area (Å²) < 4.78 is 34.7. The number of aliphatic carboxylic acids is 1. The monoisotopic (exact) mass is 214 g/mol. The van der Waals surface area contributed by atoms with Crippen molar-refractivity contribution in [2.24, 2.45) is 5.92 Å². The van der Waals surface area contributed by atoms with E-state index in [1.807, 2.05) is 0 Å². The number of rotatable bonds is 5. The van der Waals surface area contributed by atoms with Gasteiger partial charge >= 0.3 is 5.97 Å². The van der Waals surface area contributed by atoms with Gasteiger partial charge in [0.2, 0.25) is 6.43 Å². The van der Waals surface area contributed by atoms with E-state index < -0.39 is 40.1 Å². The first kappa shape index (κ1) is 12.5. The van der Waals surface area contributed by atoms with E-state index in [1.165, 1.54) is 0 Å². The van der Waals surface area contributed by atoms with Crippen molar-refractivity contribution >= 4 is 16.8 Å². The Labute approximate surface area is 77.6 Å². The quantitative estimate of drug-likeness (QED) is 0.745. The van der Waals surface area contributed by atoms with E-state index in [9.17, 15) is 17.8 Å². The molecule has 0 aromatic heterocycles. The van der Waals surface area contributed by atoms with E-state index in [-0.39, 0.29) is 0 Å². The lowest BCUT2D eigenvalue weighted by atomic mass is 10.1. The van der Waals surface area contributed by atoms with Gasteiger partial charge in [0, 0.05) is 10.8 Å². The number of carboxylic acid groups (broad SMARTS) is 1. The molecule has 13 heavy (non-hydrogen) atoms. The van der Waals surface area contributed by atoms with E-state index in [4.69, 9.17) is 5.11 Å². The minimum atomic E-state index is -2.72. The van der Waals surface area contributed by atoms with Crippen molar-refractivity contribution in [3.8, 4) is 0 Å². The average molecular weight is 214 g/mol. The molecule has 0 rings (SSSR count). The molecule has 0 aromatic carbocycles. The maximum absolute atomic E-state index is 11.8. The van der Waals surface area contributed by atoms with Crippen molar-refractivity contribution in [3.63, 3.8) is 0 Å². The molecule has 78 valence electrons. The molecule has 0 radical (unpaired) electrons. The third-order valence-electron chi connectivity index (χ3n) is 1.42. The molecule has 0 spiro atoms. The lowest BCUT2D eigenvalue weighted by Gasteiger charge is -2.14. The number of alkyl halides is 2. The summed E-state index contributed by atoms with van der Waals surface area (Å²) in [5.74, 6) is -2.55. The molecule has 6 heteroatoms. The van der Waals surface area contributed by atoms with Crippen LogP contribution in [0.25, 0.3) is 0 Å². The fourth-order valence-electron chi connectivity index (χ4n) is 0.929. The van der Waals surface area contributed by atoms with Crippen molar-refractivity contribution in [1.29, 1.82) is 0 Å². The molecule has 0 amide bonds. The molecule has 0 aliphatic carbocycles. The van der Waals surface area contributed by atoms with Gasteiger partial charge in [0.1, 0.15) is 5.25 Å². The summed E-state index contributed by atoms with van der Waals surface area (Å²) in [5, 5.41) is 7.39. The Morgan fingerprint density at radius 2 is 1.92 bits per heavy atom. The van der Waals surface area contributed by atoms with Crippen LogP contribution in [0.2, 0.25) is 0 Å². The van der Waals surface area contributed by atoms with Crippen LogP contribution in [0.4, 0.5) is 8.78 Å². The highest BCUT2D eigenvalue weighted by atomic mass is 32.2. The van der Waals surface area contributed by atoms with Crippen LogP contribution in [-0.2, 0) is 15.6 Å². The van der Waals surface area contributed by atoms with Crippen molar-refractivity contribution in [2.75, 3.05) is 5.75 Å². The summed E-state index contributed by atoms with van der Waals surface area (Å²) in [5.41, 5.74) is 0. The third-order valence-corrected chi connectivity index (χ3v) is 3.32. The van der Waals surface area contributed by atoms with Crippen LogP contribution < -0.4 is 0 Å². The summed E-state index contributed by atoms with van der Waals surface area (Å²) >= 11 is 0. The van der Waals surface area contributed by atoms with Gasteiger partial charge in [-0.1, -0.05) is 13.8 Å². The Bertz CT molecular complexity index is 206. The van der Waals surface area contributed by atoms with Crippen molar-refractivity contribution in [2.45, 2.75) is 25.5 Å². The second-order valence-electron chi connectivity index (χ2n) is 2.94.